The SMILES string of the molecule is Cc1cc2c(CN)c(O)ccc2n1C. The van der Waals surface area contributed by atoms with Gasteiger partial charge in [-0.15, -0.1) is 0 Å². The number of nitrogens with zero attached hydrogens (tertiary/aromatic N) is 1. The molecule has 3 heteroatoms. The Hall–Kier alpha value is -1.48. The van der Waals surface area contributed by atoms with E-state index in [-0.39, 0.29) is 5.75 Å². The number of hydrogen-bond donors (Lipinski definition) is 2. The van der Waals surface area contributed by atoms with Crippen LogP contribution in [0.25, 0.3) is 10.9 Å². The van der Waals surface area contributed by atoms with E-state index in [4.69, 9.17) is 5.73 Å². The molecule has 14 heavy (non-hydrogen) atoms. The number of aryl methyl sites for hydroxylation is 2. The third-order valence-electron chi connectivity index (χ3n) is 2.76. The molecule has 0 bridgehead atoms. The van der Waals surface area contributed by atoms with Crippen molar-refractivity contribution in [3.05, 3.63) is 29.5 Å². The Balaban J connectivity index is 2.88. The van der Waals surface area contributed by atoms with Crippen LogP contribution in [-0.4, -0.2) is 9.67 Å². The molecule has 0 aliphatic rings. The summed E-state index contributed by atoms with van der Waals surface area (Å²) in [4.78, 5) is 0. The van der Waals surface area contributed by atoms with Crippen molar-refractivity contribution in [2.45, 2.75) is 13.5 Å². The quantitative estimate of drug-likeness (QED) is 0.718. The molecule has 2 rings (SSSR count). The monoisotopic (exact) mass is 190 g/mol. The van der Waals surface area contributed by atoms with Crippen LogP contribution in [0.15, 0.2) is 18.2 Å². The molecule has 1 aromatic carbocycles. The van der Waals surface area contributed by atoms with E-state index in [0.717, 1.165) is 16.5 Å². The molecule has 0 radical (unpaired) electrons. The van der Waals surface area contributed by atoms with Gasteiger partial charge in [0.1, 0.15) is 5.75 Å². The third kappa shape index (κ3) is 1.09. The lowest BCUT2D eigenvalue weighted by atomic mass is 10.1. The van der Waals surface area contributed by atoms with Gasteiger partial charge in [-0.25, -0.2) is 0 Å². The molecule has 74 valence electrons. The molecule has 0 fully saturated rings. The Kier molecular flexibility index (Phi) is 1.97. The van der Waals surface area contributed by atoms with Gasteiger partial charge in [0.15, 0.2) is 0 Å². The molecule has 0 unspecified atom stereocenters. The van der Waals surface area contributed by atoms with Crippen molar-refractivity contribution < 1.29 is 5.11 Å². The van der Waals surface area contributed by atoms with Crippen molar-refractivity contribution in [2.24, 2.45) is 12.8 Å². The summed E-state index contributed by atoms with van der Waals surface area (Å²) in [6, 6.07) is 5.66. The molecule has 3 nitrogen and oxygen atoms in total. The summed E-state index contributed by atoms with van der Waals surface area (Å²) < 4.78 is 2.09. The van der Waals surface area contributed by atoms with Crippen LogP contribution in [0, 0.1) is 6.92 Å². The average molecular weight is 190 g/mol. The zero-order valence-electron chi connectivity index (χ0n) is 8.41. The number of nitrogens with two attached hydrogens (primary N) is 1. The molecule has 0 amide bonds. The molecule has 2 aromatic rings. The van der Waals surface area contributed by atoms with E-state index < -0.39 is 0 Å². The number of phenols is 1. The fourth-order valence-corrected chi connectivity index (χ4v) is 1.80. The summed E-state index contributed by atoms with van der Waals surface area (Å²) in [6.07, 6.45) is 0. The van der Waals surface area contributed by atoms with Crippen LogP contribution in [0.1, 0.15) is 11.3 Å². The lowest BCUT2D eigenvalue weighted by Crippen LogP contribution is -1.97. The van der Waals surface area contributed by atoms with Crippen LogP contribution in [-0.2, 0) is 13.6 Å². The summed E-state index contributed by atoms with van der Waals surface area (Å²) in [6.45, 7) is 2.41. The van der Waals surface area contributed by atoms with Gasteiger partial charge in [-0.1, -0.05) is 0 Å². The first-order valence-corrected chi connectivity index (χ1v) is 4.62. The maximum Gasteiger partial charge on any atom is 0.120 e. The van der Waals surface area contributed by atoms with Gasteiger partial charge in [0.2, 0.25) is 0 Å². The predicted molar refractivity (Wildman–Crippen MR) is 57.2 cm³/mol. The molecule has 3 N–H and O–H groups in total. The van der Waals surface area contributed by atoms with Crippen LogP contribution in [0.4, 0.5) is 0 Å². The molecule has 0 saturated carbocycles. The smallest absolute Gasteiger partial charge is 0.120 e. The molecular weight excluding hydrogens is 176 g/mol. The average Bonchev–Trinajstić information content (AvgIpc) is 2.43. The molecule has 0 saturated heterocycles. The minimum absolute atomic E-state index is 0.283. The number of fused-ring (bicyclic) bond motifs is 1. The van der Waals surface area contributed by atoms with Crippen molar-refractivity contribution in [3.63, 3.8) is 0 Å². The van der Waals surface area contributed by atoms with Gasteiger partial charge in [-0.2, -0.15) is 0 Å². The Morgan fingerprint density at radius 1 is 1.43 bits per heavy atom. The second kappa shape index (κ2) is 3.03. The Labute approximate surface area is 82.8 Å². The van der Waals surface area contributed by atoms with Gasteiger partial charge in [0.05, 0.1) is 0 Å². The Morgan fingerprint density at radius 2 is 2.14 bits per heavy atom. The van der Waals surface area contributed by atoms with Crippen molar-refractivity contribution in [3.8, 4) is 5.75 Å². The summed E-state index contributed by atoms with van der Waals surface area (Å²) in [5.41, 5.74) is 8.71. The topological polar surface area (TPSA) is 51.2 Å². The summed E-state index contributed by atoms with van der Waals surface area (Å²) in [5.74, 6) is 0.283. The maximum absolute atomic E-state index is 9.62. The van der Waals surface area contributed by atoms with Crippen LogP contribution in [0.2, 0.25) is 0 Å². The molecular formula is C11H14N2O. The van der Waals surface area contributed by atoms with E-state index in [0.29, 0.717) is 6.54 Å². The van der Waals surface area contributed by atoms with Gasteiger partial charge in [-0.05, 0) is 25.1 Å². The fraction of sp³-hybridized carbons (Fsp3) is 0.273. The summed E-state index contributed by atoms with van der Waals surface area (Å²) >= 11 is 0. The van der Waals surface area contributed by atoms with E-state index >= 15 is 0 Å². The highest BCUT2D eigenvalue weighted by Crippen LogP contribution is 2.28. The van der Waals surface area contributed by atoms with Crippen molar-refractivity contribution >= 4 is 10.9 Å². The van der Waals surface area contributed by atoms with E-state index in [1.54, 1.807) is 6.07 Å². The highest BCUT2D eigenvalue weighted by atomic mass is 16.3. The van der Waals surface area contributed by atoms with Gasteiger partial charge < -0.3 is 15.4 Å². The van der Waals surface area contributed by atoms with E-state index in [1.807, 2.05) is 20.0 Å². The highest BCUT2D eigenvalue weighted by Gasteiger charge is 2.09. The van der Waals surface area contributed by atoms with E-state index in [1.165, 1.54) is 5.69 Å². The van der Waals surface area contributed by atoms with Crippen molar-refractivity contribution in [2.75, 3.05) is 0 Å². The van der Waals surface area contributed by atoms with Gasteiger partial charge in [0.25, 0.3) is 0 Å². The third-order valence-corrected chi connectivity index (χ3v) is 2.76. The number of phenolic OH excluding ortho intramolecular Hbond substituents is 1. The normalized spacial score (nSPS) is 11.1. The number of rotatable bonds is 1. The van der Waals surface area contributed by atoms with Crippen molar-refractivity contribution in [1.82, 2.24) is 4.57 Å². The van der Waals surface area contributed by atoms with Crippen LogP contribution in [0.3, 0.4) is 0 Å². The minimum atomic E-state index is 0.283. The lowest BCUT2D eigenvalue weighted by molar-refractivity contribution is 0.469. The molecule has 0 aliphatic heterocycles. The number of aromatic hydroxyl groups is 1. The largest absolute Gasteiger partial charge is 0.508 e. The minimum Gasteiger partial charge on any atom is -0.508 e. The highest BCUT2D eigenvalue weighted by molar-refractivity contribution is 5.86. The molecule has 0 aliphatic carbocycles. The second-order valence-electron chi connectivity index (χ2n) is 3.54. The molecule has 1 aromatic heterocycles. The van der Waals surface area contributed by atoms with Crippen LogP contribution >= 0.6 is 0 Å². The predicted octanol–water partition coefficient (Wildman–Crippen LogP) is 1.65. The first-order valence-electron chi connectivity index (χ1n) is 4.62. The number of aromatic nitrogens is 1. The second-order valence-corrected chi connectivity index (χ2v) is 3.54. The Morgan fingerprint density at radius 3 is 2.79 bits per heavy atom. The number of benzene rings is 1. The first kappa shape index (κ1) is 9.09. The van der Waals surface area contributed by atoms with Crippen LogP contribution < -0.4 is 5.73 Å². The molecule has 0 spiro atoms. The first-order chi connectivity index (χ1) is 6.65. The lowest BCUT2D eigenvalue weighted by Gasteiger charge is -2.04. The zero-order chi connectivity index (χ0) is 10.3. The fourth-order valence-electron chi connectivity index (χ4n) is 1.80. The maximum atomic E-state index is 9.62. The van der Waals surface area contributed by atoms with E-state index in [9.17, 15) is 5.11 Å². The van der Waals surface area contributed by atoms with Gasteiger partial charge >= 0.3 is 0 Å². The number of hydrogen-bond acceptors (Lipinski definition) is 2. The summed E-state index contributed by atoms with van der Waals surface area (Å²) in [5, 5.41) is 10.7. The Bertz CT molecular complexity index is 485. The summed E-state index contributed by atoms with van der Waals surface area (Å²) in [7, 11) is 2.01. The standard InChI is InChI=1S/C11H14N2O/c1-7-5-8-9(6-12)11(14)4-3-10(8)13(7)2/h3-5,14H,6,12H2,1-2H3. The zero-order valence-corrected chi connectivity index (χ0v) is 8.41. The van der Waals surface area contributed by atoms with Gasteiger partial charge in [0, 0.05) is 35.8 Å². The van der Waals surface area contributed by atoms with Crippen molar-refractivity contribution in [1.29, 1.82) is 0 Å². The molecule has 1 heterocycles. The van der Waals surface area contributed by atoms with Crippen LogP contribution in [0.5, 0.6) is 5.75 Å². The van der Waals surface area contributed by atoms with E-state index in [2.05, 4.69) is 10.6 Å². The molecule has 0 atom stereocenters. The van der Waals surface area contributed by atoms with Gasteiger partial charge in [-0.3, -0.25) is 0 Å².